The Morgan fingerprint density at radius 2 is 1.94 bits per heavy atom. The van der Waals surface area contributed by atoms with Crippen LogP contribution < -0.4 is 5.32 Å². The number of halogens is 1. The minimum absolute atomic E-state index is 0.736. The van der Waals surface area contributed by atoms with Gasteiger partial charge >= 0.3 is 0 Å². The maximum absolute atomic E-state index is 5.90. The Kier molecular flexibility index (Phi) is 5.87. The molecule has 1 saturated carbocycles. The highest BCUT2D eigenvalue weighted by Gasteiger charge is 2.29. The fourth-order valence-electron chi connectivity index (χ4n) is 2.47. The van der Waals surface area contributed by atoms with Crippen molar-refractivity contribution in [3.63, 3.8) is 0 Å². The van der Waals surface area contributed by atoms with Crippen molar-refractivity contribution in [2.45, 2.75) is 37.6 Å². The molecule has 1 nitrogen and oxygen atoms in total. The van der Waals surface area contributed by atoms with E-state index in [0.29, 0.717) is 0 Å². The van der Waals surface area contributed by atoms with E-state index in [1.807, 2.05) is 23.9 Å². The molecule has 0 bridgehead atoms. The Morgan fingerprint density at radius 3 is 2.61 bits per heavy atom. The number of hydrogen-bond acceptors (Lipinski definition) is 2. The summed E-state index contributed by atoms with van der Waals surface area (Å²) in [7, 11) is 0. The Morgan fingerprint density at radius 1 is 1.22 bits per heavy atom. The number of benzene rings is 1. The molecule has 1 aliphatic rings. The molecule has 1 aliphatic carbocycles. The molecule has 18 heavy (non-hydrogen) atoms. The molecule has 1 N–H and O–H groups in total. The van der Waals surface area contributed by atoms with Crippen LogP contribution in [0.25, 0.3) is 0 Å². The molecule has 0 amide bonds. The number of hydrogen-bond donors (Lipinski definition) is 1. The molecule has 0 aliphatic heterocycles. The summed E-state index contributed by atoms with van der Waals surface area (Å²) in [5.74, 6) is 2.03. The zero-order valence-electron chi connectivity index (χ0n) is 11.0. The van der Waals surface area contributed by atoms with Gasteiger partial charge in [-0.1, -0.05) is 23.7 Å². The molecule has 0 heterocycles. The summed E-state index contributed by atoms with van der Waals surface area (Å²) in [6.45, 7) is 1.18. The quantitative estimate of drug-likeness (QED) is 0.748. The number of unbranched alkanes of at least 4 members (excludes halogenated alkanes) is 1. The van der Waals surface area contributed by atoms with Crippen LogP contribution in [0.2, 0.25) is 5.02 Å². The maximum Gasteiger partial charge on any atom is 0.0406 e. The van der Waals surface area contributed by atoms with Crippen LogP contribution in [0.4, 0.5) is 0 Å². The summed E-state index contributed by atoms with van der Waals surface area (Å²) in [5.41, 5.74) is 1.44. The Hall–Kier alpha value is -0.180. The van der Waals surface area contributed by atoms with E-state index in [2.05, 4.69) is 23.7 Å². The van der Waals surface area contributed by atoms with Crippen molar-refractivity contribution < 1.29 is 0 Å². The first-order chi connectivity index (χ1) is 8.79. The van der Waals surface area contributed by atoms with Gasteiger partial charge < -0.3 is 5.32 Å². The van der Waals surface area contributed by atoms with E-state index in [0.717, 1.165) is 17.0 Å². The second-order valence-corrected chi connectivity index (χ2v) is 6.49. The second kappa shape index (κ2) is 7.42. The van der Waals surface area contributed by atoms with Crippen molar-refractivity contribution in [3.05, 3.63) is 34.9 Å². The van der Waals surface area contributed by atoms with Crippen LogP contribution >= 0.6 is 23.4 Å². The van der Waals surface area contributed by atoms with E-state index < -0.39 is 0 Å². The molecule has 1 aromatic rings. The molecule has 0 aromatic heterocycles. The Labute approximate surface area is 120 Å². The fourth-order valence-corrected chi connectivity index (χ4v) is 3.09. The third-order valence-corrected chi connectivity index (χ3v) is 4.64. The molecule has 100 valence electrons. The van der Waals surface area contributed by atoms with Gasteiger partial charge in [0.05, 0.1) is 0 Å². The SMILES string of the molecule is CSCCCCNC1CC(c2ccc(Cl)cc2)C1. The van der Waals surface area contributed by atoms with E-state index in [4.69, 9.17) is 11.6 Å². The molecule has 0 spiro atoms. The molecule has 0 unspecified atom stereocenters. The minimum atomic E-state index is 0.736. The van der Waals surface area contributed by atoms with Crippen LogP contribution in [0.5, 0.6) is 0 Å². The predicted molar refractivity (Wildman–Crippen MR) is 82.8 cm³/mol. The van der Waals surface area contributed by atoms with Gasteiger partial charge in [-0.2, -0.15) is 11.8 Å². The molecule has 1 fully saturated rings. The summed E-state index contributed by atoms with van der Waals surface area (Å²) in [5, 5.41) is 4.49. The highest BCUT2D eigenvalue weighted by Crippen LogP contribution is 2.37. The van der Waals surface area contributed by atoms with Crippen molar-refractivity contribution >= 4 is 23.4 Å². The van der Waals surface area contributed by atoms with Gasteiger partial charge in [-0.25, -0.2) is 0 Å². The summed E-state index contributed by atoms with van der Waals surface area (Å²) in [4.78, 5) is 0. The van der Waals surface area contributed by atoms with Gasteiger partial charge in [0.1, 0.15) is 0 Å². The van der Waals surface area contributed by atoms with Crippen LogP contribution in [0.15, 0.2) is 24.3 Å². The van der Waals surface area contributed by atoms with Crippen molar-refractivity contribution in [2.75, 3.05) is 18.6 Å². The van der Waals surface area contributed by atoms with Crippen LogP contribution in [0.3, 0.4) is 0 Å². The first kappa shape index (κ1) is 14.2. The average Bonchev–Trinajstić information content (AvgIpc) is 2.33. The van der Waals surface area contributed by atoms with E-state index in [1.165, 1.54) is 43.5 Å². The topological polar surface area (TPSA) is 12.0 Å². The predicted octanol–water partition coefficient (Wildman–Crippen LogP) is 4.32. The molecule has 0 saturated heterocycles. The lowest BCUT2D eigenvalue weighted by atomic mass is 9.76. The van der Waals surface area contributed by atoms with Crippen LogP contribution in [0, 0.1) is 0 Å². The first-order valence-corrected chi connectivity index (χ1v) is 8.54. The maximum atomic E-state index is 5.90. The summed E-state index contributed by atoms with van der Waals surface area (Å²) >= 11 is 7.84. The highest BCUT2D eigenvalue weighted by molar-refractivity contribution is 7.98. The van der Waals surface area contributed by atoms with E-state index >= 15 is 0 Å². The summed E-state index contributed by atoms with van der Waals surface area (Å²) in [6.07, 6.45) is 7.38. The van der Waals surface area contributed by atoms with E-state index in [9.17, 15) is 0 Å². The average molecular weight is 284 g/mol. The van der Waals surface area contributed by atoms with Crippen molar-refractivity contribution in [2.24, 2.45) is 0 Å². The van der Waals surface area contributed by atoms with Crippen molar-refractivity contribution in [1.82, 2.24) is 5.32 Å². The van der Waals surface area contributed by atoms with Gasteiger partial charge in [0.2, 0.25) is 0 Å². The van der Waals surface area contributed by atoms with Gasteiger partial charge in [-0.05, 0) is 67.9 Å². The van der Waals surface area contributed by atoms with Crippen molar-refractivity contribution in [3.8, 4) is 0 Å². The number of thioether (sulfide) groups is 1. The molecular formula is C15H22ClNS. The van der Waals surface area contributed by atoms with Crippen LogP contribution in [-0.2, 0) is 0 Å². The summed E-state index contributed by atoms with van der Waals surface area (Å²) < 4.78 is 0. The third-order valence-electron chi connectivity index (χ3n) is 3.69. The largest absolute Gasteiger partial charge is 0.314 e. The number of nitrogens with one attached hydrogen (secondary N) is 1. The van der Waals surface area contributed by atoms with Crippen LogP contribution in [0.1, 0.15) is 37.2 Å². The standard InChI is InChI=1S/C15H22ClNS/c1-18-9-3-2-8-17-15-10-13(11-15)12-4-6-14(16)7-5-12/h4-7,13,15,17H,2-3,8-11H2,1H3. The molecule has 3 heteroatoms. The zero-order chi connectivity index (χ0) is 12.8. The molecule has 0 radical (unpaired) electrons. The smallest absolute Gasteiger partial charge is 0.0406 e. The molecule has 1 aromatic carbocycles. The summed E-state index contributed by atoms with van der Waals surface area (Å²) in [6, 6.07) is 9.07. The molecule has 2 rings (SSSR count). The monoisotopic (exact) mass is 283 g/mol. The fraction of sp³-hybridized carbons (Fsp3) is 0.600. The minimum Gasteiger partial charge on any atom is -0.314 e. The normalized spacial score (nSPS) is 22.8. The second-order valence-electron chi connectivity index (χ2n) is 5.07. The number of rotatable bonds is 7. The van der Waals surface area contributed by atoms with Gasteiger partial charge in [-0.15, -0.1) is 0 Å². The first-order valence-electron chi connectivity index (χ1n) is 6.77. The van der Waals surface area contributed by atoms with Gasteiger partial charge in [0, 0.05) is 11.1 Å². The highest BCUT2D eigenvalue weighted by atomic mass is 35.5. The lowest BCUT2D eigenvalue weighted by molar-refractivity contribution is 0.290. The van der Waals surface area contributed by atoms with E-state index in [1.54, 1.807) is 0 Å². The molecular weight excluding hydrogens is 262 g/mol. The van der Waals surface area contributed by atoms with Gasteiger partial charge in [0.25, 0.3) is 0 Å². The lowest BCUT2D eigenvalue weighted by Crippen LogP contribution is -2.40. The van der Waals surface area contributed by atoms with Gasteiger partial charge in [0.15, 0.2) is 0 Å². The Balaban J connectivity index is 1.60. The molecule has 0 atom stereocenters. The third kappa shape index (κ3) is 4.18. The van der Waals surface area contributed by atoms with E-state index in [-0.39, 0.29) is 0 Å². The zero-order valence-corrected chi connectivity index (χ0v) is 12.6. The van der Waals surface area contributed by atoms with Crippen LogP contribution in [-0.4, -0.2) is 24.6 Å². The Bertz CT molecular complexity index is 346. The lowest BCUT2D eigenvalue weighted by Gasteiger charge is -2.36. The van der Waals surface area contributed by atoms with Crippen molar-refractivity contribution in [1.29, 1.82) is 0 Å². The van der Waals surface area contributed by atoms with Gasteiger partial charge in [-0.3, -0.25) is 0 Å².